The van der Waals surface area contributed by atoms with Crippen LogP contribution in [-0.2, 0) is 6.42 Å². The topological polar surface area (TPSA) is 78.6 Å². The highest BCUT2D eigenvalue weighted by Crippen LogP contribution is 2.23. The zero-order valence-corrected chi connectivity index (χ0v) is 19.3. The number of aryl methyl sites for hydroxylation is 1. The normalized spacial score (nSPS) is 15.2. The molecule has 2 N–H and O–H groups in total. The summed E-state index contributed by atoms with van der Waals surface area (Å²) in [5.74, 6) is 2.08. The Labute approximate surface area is 184 Å². The first kappa shape index (κ1) is 22.4. The summed E-state index contributed by atoms with van der Waals surface area (Å²) in [5, 5.41) is 10.6. The van der Waals surface area contributed by atoms with E-state index in [2.05, 4.69) is 68.8 Å². The lowest BCUT2D eigenvalue weighted by atomic mass is 10.1. The van der Waals surface area contributed by atoms with Crippen molar-refractivity contribution in [1.82, 2.24) is 20.8 Å². The molecule has 1 unspecified atom stereocenters. The summed E-state index contributed by atoms with van der Waals surface area (Å²) in [4.78, 5) is 11.3. The molecule has 8 heteroatoms. The Kier molecular flexibility index (Phi) is 9.01. The third kappa shape index (κ3) is 6.35. The highest BCUT2D eigenvalue weighted by Gasteiger charge is 2.14. The molecule has 1 aliphatic rings. The van der Waals surface area contributed by atoms with Gasteiger partial charge in [0, 0.05) is 31.7 Å². The Bertz CT molecular complexity index is 757. The molecule has 2 aromatic rings. The van der Waals surface area contributed by atoms with E-state index in [-0.39, 0.29) is 30.0 Å². The van der Waals surface area contributed by atoms with E-state index in [0.717, 1.165) is 25.6 Å². The van der Waals surface area contributed by atoms with E-state index < -0.39 is 0 Å². The molecule has 0 aliphatic carbocycles. The van der Waals surface area contributed by atoms with E-state index in [0.29, 0.717) is 24.7 Å². The van der Waals surface area contributed by atoms with Crippen LogP contribution in [0.4, 0.5) is 5.69 Å². The maximum Gasteiger partial charge on any atom is 0.228 e. The van der Waals surface area contributed by atoms with Gasteiger partial charge in [-0.25, -0.2) is 0 Å². The Balaban J connectivity index is 0.00000280. The van der Waals surface area contributed by atoms with Gasteiger partial charge < -0.3 is 20.1 Å². The van der Waals surface area contributed by atoms with Crippen molar-refractivity contribution in [2.45, 2.75) is 46.1 Å². The Morgan fingerprint density at radius 2 is 2.11 bits per heavy atom. The van der Waals surface area contributed by atoms with Gasteiger partial charge in [0.2, 0.25) is 5.89 Å². The summed E-state index contributed by atoms with van der Waals surface area (Å²) in [7, 11) is 0. The van der Waals surface area contributed by atoms with Crippen molar-refractivity contribution >= 4 is 35.6 Å². The largest absolute Gasteiger partial charge is 0.372 e. The van der Waals surface area contributed by atoms with Gasteiger partial charge in [0.1, 0.15) is 0 Å². The van der Waals surface area contributed by atoms with E-state index in [4.69, 9.17) is 4.52 Å². The van der Waals surface area contributed by atoms with Crippen LogP contribution in [0.1, 0.15) is 50.0 Å². The summed E-state index contributed by atoms with van der Waals surface area (Å²) in [6.45, 7) is 9.77. The van der Waals surface area contributed by atoms with Gasteiger partial charge in [-0.3, -0.25) is 4.99 Å². The Hall–Kier alpha value is -1.84. The van der Waals surface area contributed by atoms with Crippen molar-refractivity contribution in [2.24, 2.45) is 4.99 Å². The average molecular weight is 498 g/mol. The third-order valence-electron chi connectivity index (χ3n) is 4.70. The average Bonchev–Trinajstić information content (AvgIpc) is 3.34. The Morgan fingerprint density at radius 3 is 2.79 bits per heavy atom. The van der Waals surface area contributed by atoms with Crippen LogP contribution in [0.25, 0.3) is 0 Å². The Morgan fingerprint density at radius 1 is 1.32 bits per heavy atom. The number of nitrogens with one attached hydrogen (secondary N) is 2. The first-order chi connectivity index (χ1) is 13.2. The van der Waals surface area contributed by atoms with E-state index in [9.17, 15) is 0 Å². The fraction of sp³-hybridized carbons (Fsp3) is 0.550. The van der Waals surface area contributed by atoms with Crippen molar-refractivity contribution in [3.05, 3.63) is 41.5 Å². The van der Waals surface area contributed by atoms with Crippen LogP contribution in [0.3, 0.4) is 0 Å². The molecule has 0 amide bonds. The van der Waals surface area contributed by atoms with E-state index in [1.165, 1.54) is 24.1 Å². The second-order valence-corrected chi connectivity index (χ2v) is 6.90. The number of halogens is 1. The molecule has 154 valence electrons. The van der Waals surface area contributed by atoms with Gasteiger partial charge in [0.15, 0.2) is 11.8 Å². The molecule has 0 saturated carbocycles. The van der Waals surface area contributed by atoms with Crippen LogP contribution in [0, 0.1) is 6.92 Å². The maximum atomic E-state index is 5.14. The first-order valence-electron chi connectivity index (χ1n) is 9.84. The maximum absolute atomic E-state index is 5.14. The van der Waals surface area contributed by atoms with Crippen LogP contribution in [0.2, 0.25) is 0 Å². The minimum atomic E-state index is 0. The van der Waals surface area contributed by atoms with Gasteiger partial charge in [-0.2, -0.15) is 4.98 Å². The minimum Gasteiger partial charge on any atom is -0.372 e. The van der Waals surface area contributed by atoms with Crippen LogP contribution in [0.5, 0.6) is 0 Å². The lowest BCUT2D eigenvalue weighted by molar-refractivity contribution is 0.376. The molecule has 28 heavy (non-hydrogen) atoms. The zero-order valence-electron chi connectivity index (χ0n) is 16.9. The quantitative estimate of drug-likeness (QED) is 0.346. The molecule has 7 nitrogen and oxygen atoms in total. The number of nitrogens with zero attached hydrogens (tertiary/aromatic N) is 4. The summed E-state index contributed by atoms with van der Waals surface area (Å²) >= 11 is 0. The second kappa shape index (κ2) is 11.2. The first-order valence-corrected chi connectivity index (χ1v) is 9.84. The monoisotopic (exact) mass is 498 g/mol. The highest BCUT2D eigenvalue weighted by atomic mass is 127. The zero-order chi connectivity index (χ0) is 19.1. The van der Waals surface area contributed by atoms with Crippen LogP contribution in [-0.4, -0.2) is 42.3 Å². The van der Waals surface area contributed by atoms with Gasteiger partial charge in [-0.1, -0.05) is 17.3 Å². The number of anilines is 1. The molecule has 1 aromatic carbocycles. The summed E-state index contributed by atoms with van der Waals surface area (Å²) in [6, 6.07) is 8.96. The summed E-state index contributed by atoms with van der Waals surface area (Å²) in [5.41, 5.74) is 2.57. The lowest BCUT2D eigenvalue weighted by Crippen LogP contribution is -2.39. The van der Waals surface area contributed by atoms with Gasteiger partial charge in [0.25, 0.3) is 0 Å². The molecule has 0 radical (unpaired) electrons. The molecular formula is C20H31IN6O. The van der Waals surface area contributed by atoms with Gasteiger partial charge in [-0.15, -0.1) is 24.0 Å². The molecule has 1 saturated heterocycles. The smallest absolute Gasteiger partial charge is 0.228 e. The number of aliphatic imine (C=N–C) groups is 1. The molecular weight excluding hydrogens is 467 g/mol. The molecule has 0 bridgehead atoms. The van der Waals surface area contributed by atoms with Crippen molar-refractivity contribution in [2.75, 3.05) is 31.1 Å². The number of rotatable bonds is 7. The predicted octanol–water partition coefficient (Wildman–Crippen LogP) is 3.46. The van der Waals surface area contributed by atoms with Crippen molar-refractivity contribution in [1.29, 1.82) is 0 Å². The second-order valence-electron chi connectivity index (χ2n) is 6.90. The summed E-state index contributed by atoms with van der Waals surface area (Å²) in [6.07, 6.45) is 3.21. The molecule has 0 spiro atoms. The number of benzene rings is 1. The molecule has 1 aliphatic heterocycles. The molecule has 1 fully saturated rings. The van der Waals surface area contributed by atoms with E-state index >= 15 is 0 Å². The molecule has 1 aromatic heterocycles. The van der Waals surface area contributed by atoms with Crippen LogP contribution < -0.4 is 15.5 Å². The number of guanidine groups is 1. The van der Waals surface area contributed by atoms with Gasteiger partial charge in [-0.05, 0) is 51.3 Å². The molecule has 1 atom stereocenters. The molecule has 2 heterocycles. The minimum absolute atomic E-state index is 0. The number of aromatic nitrogens is 2. The fourth-order valence-electron chi connectivity index (χ4n) is 3.28. The van der Waals surface area contributed by atoms with E-state index in [1.807, 2.05) is 6.92 Å². The SMILES string of the molecule is CCNC(=NCCc1nc(C)no1)NC(C)c1cccc(N2CCCC2)c1.I. The standard InChI is InChI=1S/C20H30N6O.HI/c1-4-21-20(22-11-10-19-24-16(3)25-27-19)23-15(2)17-8-7-9-18(14-17)26-12-5-6-13-26;/h7-9,14-15H,4-6,10-13H2,1-3H3,(H2,21,22,23);1H. The van der Waals surface area contributed by atoms with Gasteiger partial charge >= 0.3 is 0 Å². The van der Waals surface area contributed by atoms with Crippen LogP contribution >= 0.6 is 24.0 Å². The van der Waals surface area contributed by atoms with Gasteiger partial charge in [0.05, 0.1) is 12.6 Å². The molecule has 3 rings (SSSR count). The van der Waals surface area contributed by atoms with Crippen LogP contribution in [0.15, 0.2) is 33.8 Å². The van der Waals surface area contributed by atoms with E-state index in [1.54, 1.807) is 0 Å². The van der Waals surface area contributed by atoms with Crippen molar-refractivity contribution < 1.29 is 4.52 Å². The fourth-order valence-corrected chi connectivity index (χ4v) is 3.28. The van der Waals surface area contributed by atoms with Crippen molar-refractivity contribution in [3.63, 3.8) is 0 Å². The third-order valence-corrected chi connectivity index (χ3v) is 4.70. The lowest BCUT2D eigenvalue weighted by Gasteiger charge is -2.22. The van der Waals surface area contributed by atoms with Crippen molar-refractivity contribution in [3.8, 4) is 0 Å². The highest BCUT2D eigenvalue weighted by molar-refractivity contribution is 14.0. The number of hydrogen-bond acceptors (Lipinski definition) is 5. The summed E-state index contributed by atoms with van der Waals surface area (Å²) < 4.78 is 5.14. The number of hydrogen-bond donors (Lipinski definition) is 2. The predicted molar refractivity (Wildman–Crippen MR) is 124 cm³/mol.